The second-order valence-electron chi connectivity index (χ2n) is 9.02. The number of aromatic carboxylic acids is 3. The van der Waals surface area contributed by atoms with Crippen LogP contribution in [0.1, 0.15) is 67.6 Å². The Kier molecular flexibility index (Phi) is 5.87. The molecule has 5 rings (SSSR count). The molecule has 0 aromatic heterocycles. The van der Waals surface area contributed by atoms with Crippen molar-refractivity contribution in [2.75, 3.05) is 6.54 Å². The number of carbonyl (C=O) groups is 4. The number of fused-ring (bicyclic) bond motifs is 2. The second kappa shape index (κ2) is 9.05. The molecule has 0 aliphatic carbocycles. The van der Waals surface area contributed by atoms with Crippen LogP contribution in [0.15, 0.2) is 48.5 Å². The Hall–Kier alpha value is -4.72. The van der Waals surface area contributed by atoms with E-state index in [2.05, 4.69) is 12.2 Å². The van der Waals surface area contributed by atoms with Gasteiger partial charge in [-0.3, -0.25) is 4.79 Å². The molecule has 0 radical (unpaired) electrons. The molecule has 8 heteroatoms. The van der Waals surface area contributed by atoms with Gasteiger partial charge in [-0.05, 0) is 63.0 Å². The molecule has 0 unspecified atom stereocenters. The molecule has 0 aliphatic rings. The van der Waals surface area contributed by atoms with Gasteiger partial charge >= 0.3 is 17.9 Å². The lowest BCUT2D eigenvalue weighted by Gasteiger charge is -2.19. The molecular formula is C29H23NO7. The molecule has 0 fully saturated rings. The van der Waals surface area contributed by atoms with E-state index in [1.165, 1.54) is 18.2 Å². The van der Waals surface area contributed by atoms with Crippen molar-refractivity contribution >= 4 is 66.9 Å². The Morgan fingerprint density at radius 2 is 0.946 bits per heavy atom. The molecule has 37 heavy (non-hydrogen) atoms. The molecule has 1 amide bonds. The van der Waals surface area contributed by atoms with Crippen LogP contribution in [-0.4, -0.2) is 45.7 Å². The van der Waals surface area contributed by atoms with Gasteiger partial charge in [0, 0.05) is 22.9 Å². The van der Waals surface area contributed by atoms with Gasteiger partial charge in [-0.15, -0.1) is 0 Å². The Morgan fingerprint density at radius 3 is 1.32 bits per heavy atom. The molecule has 5 aromatic rings. The lowest BCUT2D eigenvalue weighted by molar-refractivity contribution is 0.0685. The van der Waals surface area contributed by atoms with Gasteiger partial charge in [-0.25, -0.2) is 14.4 Å². The average molecular weight is 498 g/mol. The number of unbranched alkanes of at least 4 members (excludes halogenated alkanes) is 2. The molecule has 0 heterocycles. The maximum Gasteiger partial charge on any atom is 0.336 e. The maximum atomic E-state index is 13.2. The van der Waals surface area contributed by atoms with Crippen molar-refractivity contribution in [3.05, 3.63) is 70.8 Å². The fourth-order valence-corrected chi connectivity index (χ4v) is 5.28. The molecule has 0 saturated carbocycles. The predicted molar refractivity (Wildman–Crippen MR) is 140 cm³/mol. The number of carboxylic acid groups (broad SMARTS) is 3. The lowest BCUT2D eigenvalue weighted by atomic mass is 9.84. The highest BCUT2D eigenvalue weighted by molar-refractivity contribution is 6.38. The predicted octanol–water partition coefficient (Wildman–Crippen LogP) is 5.75. The number of hydrogen-bond donors (Lipinski definition) is 4. The Bertz CT molecular complexity index is 1700. The van der Waals surface area contributed by atoms with Gasteiger partial charge in [0.25, 0.3) is 5.91 Å². The molecule has 0 spiro atoms. The summed E-state index contributed by atoms with van der Waals surface area (Å²) < 4.78 is 0. The first-order chi connectivity index (χ1) is 17.8. The van der Waals surface area contributed by atoms with Crippen LogP contribution >= 0.6 is 0 Å². The molecular weight excluding hydrogens is 474 g/mol. The molecule has 0 saturated heterocycles. The third-order valence-corrected chi connectivity index (χ3v) is 6.90. The Morgan fingerprint density at radius 1 is 0.568 bits per heavy atom. The number of nitrogens with one attached hydrogen (secondary N) is 1. The van der Waals surface area contributed by atoms with Gasteiger partial charge in [0.15, 0.2) is 0 Å². The van der Waals surface area contributed by atoms with E-state index in [0.29, 0.717) is 44.2 Å². The molecule has 8 nitrogen and oxygen atoms in total. The van der Waals surface area contributed by atoms with Crippen molar-refractivity contribution in [1.29, 1.82) is 0 Å². The van der Waals surface area contributed by atoms with Crippen molar-refractivity contribution < 1.29 is 34.5 Å². The van der Waals surface area contributed by atoms with E-state index in [1.807, 2.05) is 0 Å². The van der Waals surface area contributed by atoms with E-state index in [0.717, 1.165) is 19.3 Å². The highest BCUT2D eigenvalue weighted by Gasteiger charge is 2.25. The van der Waals surface area contributed by atoms with Gasteiger partial charge in [0.2, 0.25) is 0 Å². The summed E-state index contributed by atoms with van der Waals surface area (Å²) in [5.41, 5.74) is -0.0623. The summed E-state index contributed by atoms with van der Waals surface area (Å²) in [5, 5.41) is 36.3. The van der Waals surface area contributed by atoms with Gasteiger partial charge in [-0.2, -0.15) is 0 Å². The first-order valence-corrected chi connectivity index (χ1v) is 11.9. The van der Waals surface area contributed by atoms with Crippen LogP contribution in [-0.2, 0) is 0 Å². The first-order valence-electron chi connectivity index (χ1n) is 11.9. The quantitative estimate of drug-likeness (QED) is 0.121. The minimum absolute atomic E-state index is 0.0247. The summed E-state index contributed by atoms with van der Waals surface area (Å²) in [4.78, 5) is 49.4. The number of carboxylic acids is 3. The minimum Gasteiger partial charge on any atom is -0.478 e. The number of carbonyl (C=O) groups excluding carboxylic acids is 1. The third-order valence-electron chi connectivity index (χ3n) is 6.90. The van der Waals surface area contributed by atoms with Crippen LogP contribution in [0.3, 0.4) is 0 Å². The van der Waals surface area contributed by atoms with E-state index in [9.17, 15) is 34.5 Å². The lowest BCUT2D eigenvalue weighted by Crippen LogP contribution is -2.25. The van der Waals surface area contributed by atoms with Crippen molar-refractivity contribution in [2.24, 2.45) is 0 Å². The van der Waals surface area contributed by atoms with Gasteiger partial charge in [-0.1, -0.05) is 44.0 Å². The fraction of sp³-hybridized carbons (Fsp3) is 0.172. The van der Waals surface area contributed by atoms with Gasteiger partial charge in [0.05, 0.1) is 16.7 Å². The number of amides is 1. The minimum atomic E-state index is -1.25. The van der Waals surface area contributed by atoms with Gasteiger partial charge in [0.1, 0.15) is 0 Å². The van der Waals surface area contributed by atoms with E-state index < -0.39 is 17.9 Å². The summed E-state index contributed by atoms with van der Waals surface area (Å²) in [5.74, 6) is -4.06. The summed E-state index contributed by atoms with van der Waals surface area (Å²) in [7, 11) is 0. The van der Waals surface area contributed by atoms with E-state index in [1.54, 1.807) is 30.3 Å². The fourth-order valence-electron chi connectivity index (χ4n) is 5.28. The number of rotatable bonds is 8. The van der Waals surface area contributed by atoms with Gasteiger partial charge < -0.3 is 20.6 Å². The van der Waals surface area contributed by atoms with Crippen LogP contribution < -0.4 is 5.32 Å². The molecule has 186 valence electrons. The van der Waals surface area contributed by atoms with Crippen molar-refractivity contribution in [3.63, 3.8) is 0 Å². The van der Waals surface area contributed by atoms with Crippen LogP contribution in [0.4, 0.5) is 0 Å². The standard InChI is InChI=1S/C29H23NO7/c1-2-3-4-13-30-26(31)18-9-5-14-16-7-11-20(28(34)35)25-21(29(36)37)12-8-17(23(16)25)15-6-10-19(27(32)33)24(18)22(14)15/h5-12H,2-4,13H2,1H3,(H,30,31)(H,32,33)(H,34,35)(H,36,37). The monoisotopic (exact) mass is 497 g/mol. The smallest absolute Gasteiger partial charge is 0.336 e. The van der Waals surface area contributed by atoms with Crippen molar-refractivity contribution in [1.82, 2.24) is 5.32 Å². The number of hydrogen-bond acceptors (Lipinski definition) is 4. The van der Waals surface area contributed by atoms with Crippen molar-refractivity contribution in [3.8, 4) is 0 Å². The van der Waals surface area contributed by atoms with E-state index in [4.69, 9.17) is 0 Å². The first kappa shape index (κ1) is 24.0. The third kappa shape index (κ3) is 3.69. The summed E-state index contributed by atoms with van der Waals surface area (Å²) in [6.07, 6.45) is 2.77. The molecule has 0 atom stereocenters. The van der Waals surface area contributed by atoms with Crippen molar-refractivity contribution in [2.45, 2.75) is 26.2 Å². The highest BCUT2D eigenvalue weighted by atomic mass is 16.4. The maximum absolute atomic E-state index is 13.2. The van der Waals surface area contributed by atoms with Crippen LogP contribution in [0.5, 0.6) is 0 Å². The zero-order chi connectivity index (χ0) is 26.4. The molecule has 5 aromatic carbocycles. The van der Waals surface area contributed by atoms with Crippen LogP contribution in [0.25, 0.3) is 43.1 Å². The summed E-state index contributed by atoms with van der Waals surface area (Å²) in [6.45, 7) is 2.53. The van der Waals surface area contributed by atoms with E-state index >= 15 is 0 Å². The molecule has 0 aliphatic heterocycles. The van der Waals surface area contributed by atoms with Crippen LogP contribution in [0.2, 0.25) is 0 Å². The topological polar surface area (TPSA) is 141 Å². The molecule has 4 N–H and O–H groups in total. The number of benzene rings is 5. The average Bonchev–Trinajstić information content (AvgIpc) is 2.88. The SMILES string of the molecule is CCCCCNC(=O)c1ccc2c3ccc(C(=O)O)c4c(C(=O)O)ccc(c5ccc(C(=O)O)c1c52)c43. The Labute approximate surface area is 210 Å². The zero-order valence-electron chi connectivity index (χ0n) is 19.9. The molecule has 0 bridgehead atoms. The Balaban J connectivity index is 1.92. The highest BCUT2D eigenvalue weighted by Crippen LogP contribution is 2.44. The van der Waals surface area contributed by atoms with Crippen LogP contribution in [0, 0.1) is 0 Å². The van der Waals surface area contributed by atoms with E-state index in [-0.39, 0.29) is 33.5 Å². The second-order valence-corrected chi connectivity index (χ2v) is 9.02. The largest absolute Gasteiger partial charge is 0.478 e. The normalized spacial score (nSPS) is 11.5. The zero-order valence-corrected chi connectivity index (χ0v) is 19.9. The summed E-state index contributed by atoms with van der Waals surface area (Å²) in [6, 6.07) is 12.3. The summed E-state index contributed by atoms with van der Waals surface area (Å²) >= 11 is 0.